The first-order valence-electron chi connectivity index (χ1n) is 9.12. The highest BCUT2D eigenvalue weighted by Crippen LogP contribution is 2.30. The number of nitrogens with zero attached hydrogens (tertiary/aromatic N) is 1. The Kier molecular flexibility index (Phi) is 6.93. The van der Waals surface area contributed by atoms with Crippen LogP contribution >= 0.6 is 0 Å². The number of ether oxygens (including phenoxy) is 2. The minimum absolute atomic E-state index is 0.0465. The number of rotatable bonds is 6. The number of sulfone groups is 1. The lowest BCUT2D eigenvalue weighted by Gasteiger charge is -2.27. The van der Waals surface area contributed by atoms with E-state index >= 15 is 0 Å². The zero-order chi connectivity index (χ0) is 21.8. The SMILES string of the molecule is CCOC(=O)C(C)(CC1CN(c2ccc(C#CC(C)O)cc2)C(=O)O1)S(C)(=O)=O. The topological polar surface area (TPSA) is 110 Å². The van der Waals surface area contributed by atoms with Crippen molar-refractivity contribution in [2.24, 2.45) is 0 Å². The fourth-order valence-corrected chi connectivity index (χ4v) is 3.71. The second-order valence-electron chi connectivity index (χ2n) is 7.04. The van der Waals surface area contributed by atoms with Crippen LogP contribution in [0.1, 0.15) is 32.8 Å². The molecule has 3 unspecified atom stereocenters. The normalized spacial score (nSPS) is 19.6. The van der Waals surface area contributed by atoms with Crippen molar-refractivity contribution < 1.29 is 32.6 Å². The van der Waals surface area contributed by atoms with Gasteiger partial charge in [-0.15, -0.1) is 0 Å². The third-order valence-corrected chi connectivity index (χ3v) is 6.59. The number of aliphatic hydroxyl groups excluding tert-OH is 1. The summed E-state index contributed by atoms with van der Waals surface area (Å²) < 4.78 is 32.9. The van der Waals surface area contributed by atoms with Crippen LogP contribution in [0.3, 0.4) is 0 Å². The summed E-state index contributed by atoms with van der Waals surface area (Å²) in [7, 11) is -3.81. The van der Waals surface area contributed by atoms with E-state index in [1.807, 2.05) is 0 Å². The highest BCUT2D eigenvalue weighted by molar-refractivity contribution is 7.92. The van der Waals surface area contributed by atoms with Crippen LogP contribution < -0.4 is 4.90 Å². The second kappa shape index (κ2) is 8.84. The molecule has 1 saturated heterocycles. The average molecular weight is 423 g/mol. The Morgan fingerprint density at radius 1 is 1.41 bits per heavy atom. The third kappa shape index (κ3) is 5.28. The van der Waals surface area contributed by atoms with Gasteiger partial charge in [0, 0.05) is 23.9 Å². The molecule has 1 aliphatic heterocycles. The van der Waals surface area contributed by atoms with Gasteiger partial charge in [-0.25, -0.2) is 13.2 Å². The van der Waals surface area contributed by atoms with Gasteiger partial charge in [0.05, 0.1) is 13.2 Å². The second-order valence-corrected chi connectivity index (χ2v) is 9.48. The molecule has 8 nitrogen and oxygen atoms in total. The maximum absolute atomic E-state index is 12.3. The van der Waals surface area contributed by atoms with Crippen molar-refractivity contribution in [2.45, 2.75) is 44.1 Å². The van der Waals surface area contributed by atoms with Gasteiger partial charge >= 0.3 is 12.1 Å². The number of anilines is 1. The zero-order valence-electron chi connectivity index (χ0n) is 16.8. The first kappa shape index (κ1) is 22.7. The molecule has 158 valence electrons. The fourth-order valence-electron chi connectivity index (χ4n) is 2.86. The maximum Gasteiger partial charge on any atom is 0.414 e. The molecule has 1 amide bonds. The third-order valence-electron chi connectivity index (χ3n) is 4.62. The molecule has 0 spiro atoms. The van der Waals surface area contributed by atoms with Crippen molar-refractivity contribution in [2.75, 3.05) is 24.3 Å². The molecule has 1 heterocycles. The number of esters is 1. The molecule has 29 heavy (non-hydrogen) atoms. The average Bonchev–Trinajstić information content (AvgIpc) is 2.99. The summed E-state index contributed by atoms with van der Waals surface area (Å²) >= 11 is 0. The molecule has 0 radical (unpaired) electrons. The van der Waals surface area contributed by atoms with Gasteiger partial charge in [-0.05, 0) is 45.0 Å². The van der Waals surface area contributed by atoms with E-state index in [0.29, 0.717) is 11.3 Å². The largest absolute Gasteiger partial charge is 0.465 e. The summed E-state index contributed by atoms with van der Waals surface area (Å²) in [6, 6.07) is 6.75. The monoisotopic (exact) mass is 423 g/mol. The Hall–Kier alpha value is -2.57. The van der Waals surface area contributed by atoms with Gasteiger partial charge in [0.2, 0.25) is 0 Å². The number of hydrogen-bond donors (Lipinski definition) is 1. The van der Waals surface area contributed by atoms with E-state index in [1.54, 1.807) is 38.1 Å². The molecule has 1 aromatic rings. The number of cyclic esters (lactones) is 1. The highest BCUT2D eigenvalue weighted by Gasteiger charge is 2.49. The van der Waals surface area contributed by atoms with Crippen molar-refractivity contribution in [3.05, 3.63) is 29.8 Å². The summed E-state index contributed by atoms with van der Waals surface area (Å²) in [4.78, 5) is 26.0. The Labute approximate surface area is 170 Å². The molecule has 2 rings (SSSR count). The number of carbonyl (C=O) groups excluding carboxylic acids is 2. The van der Waals surface area contributed by atoms with Gasteiger partial charge < -0.3 is 14.6 Å². The van der Waals surface area contributed by atoms with Gasteiger partial charge in [0.25, 0.3) is 0 Å². The van der Waals surface area contributed by atoms with Crippen molar-refractivity contribution in [3.8, 4) is 11.8 Å². The van der Waals surface area contributed by atoms with E-state index < -0.39 is 38.9 Å². The van der Waals surface area contributed by atoms with Gasteiger partial charge in [-0.3, -0.25) is 9.69 Å². The molecule has 0 aliphatic carbocycles. The Morgan fingerprint density at radius 3 is 2.55 bits per heavy atom. The zero-order valence-corrected chi connectivity index (χ0v) is 17.7. The lowest BCUT2D eigenvalue weighted by atomic mass is 10.0. The quantitative estimate of drug-likeness (QED) is 0.545. The smallest absolute Gasteiger partial charge is 0.414 e. The van der Waals surface area contributed by atoms with Crippen LogP contribution in [-0.4, -0.2) is 61.9 Å². The van der Waals surface area contributed by atoms with Crippen LogP contribution in [0, 0.1) is 11.8 Å². The minimum atomic E-state index is -3.81. The van der Waals surface area contributed by atoms with Crippen molar-refractivity contribution >= 4 is 27.6 Å². The molecular formula is C20H25NO7S. The fraction of sp³-hybridized carbons (Fsp3) is 0.500. The first-order chi connectivity index (χ1) is 13.5. The Balaban J connectivity index is 2.17. The standard InChI is InChI=1S/C20H25NO7S/c1-5-27-18(23)20(3,29(4,25)26)12-17-13-21(19(24)28-17)16-10-8-15(9-11-16)7-6-14(2)22/h8-11,14,17,22H,5,12-13H2,1-4H3. The highest BCUT2D eigenvalue weighted by atomic mass is 32.2. The van der Waals surface area contributed by atoms with Crippen LogP contribution in [0.5, 0.6) is 0 Å². The number of amides is 1. The van der Waals surface area contributed by atoms with Crippen molar-refractivity contribution in [1.29, 1.82) is 0 Å². The molecule has 1 aromatic carbocycles. The Morgan fingerprint density at radius 2 is 2.03 bits per heavy atom. The summed E-state index contributed by atoms with van der Waals surface area (Å²) in [6.45, 7) is 4.58. The van der Waals surface area contributed by atoms with E-state index in [1.165, 1.54) is 11.8 Å². The molecule has 1 N–H and O–H groups in total. The first-order valence-corrected chi connectivity index (χ1v) is 11.0. The van der Waals surface area contributed by atoms with Crippen LogP contribution in [0.25, 0.3) is 0 Å². The molecule has 1 aliphatic rings. The van der Waals surface area contributed by atoms with Crippen molar-refractivity contribution in [3.63, 3.8) is 0 Å². The number of hydrogen-bond acceptors (Lipinski definition) is 7. The molecule has 0 bridgehead atoms. The predicted octanol–water partition coefficient (Wildman–Crippen LogP) is 1.50. The van der Waals surface area contributed by atoms with E-state index in [9.17, 15) is 23.1 Å². The number of benzene rings is 1. The minimum Gasteiger partial charge on any atom is -0.465 e. The molecular weight excluding hydrogens is 398 g/mol. The molecule has 3 atom stereocenters. The molecule has 9 heteroatoms. The molecule has 0 saturated carbocycles. The Bertz CT molecular complexity index is 928. The maximum atomic E-state index is 12.3. The summed E-state index contributed by atoms with van der Waals surface area (Å²) in [5.74, 6) is 4.57. The molecule has 0 aromatic heterocycles. The van der Waals surface area contributed by atoms with E-state index in [-0.39, 0.29) is 19.6 Å². The van der Waals surface area contributed by atoms with E-state index in [2.05, 4.69) is 11.8 Å². The van der Waals surface area contributed by atoms with E-state index in [0.717, 1.165) is 6.26 Å². The summed E-state index contributed by atoms with van der Waals surface area (Å²) in [6.07, 6.45) is -1.40. The molecule has 1 fully saturated rings. The van der Waals surface area contributed by atoms with Crippen molar-refractivity contribution in [1.82, 2.24) is 0 Å². The lowest BCUT2D eigenvalue weighted by molar-refractivity contribution is -0.146. The van der Waals surface area contributed by atoms with Crippen LogP contribution in [0.15, 0.2) is 24.3 Å². The van der Waals surface area contributed by atoms with Crippen LogP contribution in [0.4, 0.5) is 10.5 Å². The van der Waals surface area contributed by atoms with Gasteiger partial charge in [0.1, 0.15) is 12.2 Å². The van der Waals surface area contributed by atoms with Crippen LogP contribution in [0.2, 0.25) is 0 Å². The lowest BCUT2D eigenvalue weighted by Crippen LogP contribution is -2.47. The summed E-state index contributed by atoms with van der Waals surface area (Å²) in [5.41, 5.74) is 1.23. The number of carbonyl (C=O) groups is 2. The van der Waals surface area contributed by atoms with E-state index in [4.69, 9.17) is 9.47 Å². The number of aliphatic hydroxyl groups is 1. The van der Waals surface area contributed by atoms with Gasteiger partial charge in [-0.2, -0.15) is 0 Å². The van der Waals surface area contributed by atoms with Gasteiger partial charge in [-0.1, -0.05) is 11.8 Å². The predicted molar refractivity (Wildman–Crippen MR) is 107 cm³/mol. The van der Waals surface area contributed by atoms with Crippen LogP contribution in [-0.2, 0) is 24.1 Å². The van der Waals surface area contributed by atoms with Gasteiger partial charge in [0.15, 0.2) is 14.6 Å². The summed E-state index contributed by atoms with van der Waals surface area (Å²) in [5, 5.41) is 9.21.